The molecule has 1 saturated carbocycles. The molecule has 4 aliphatic rings. The minimum atomic E-state index is -1.40. The Balaban J connectivity index is 1.49. The number of hydrogen-bond acceptors (Lipinski definition) is 16. The summed E-state index contributed by atoms with van der Waals surface area (Å²) in [7, 11) is 0. The third-order valence-electron chi connectivity index (χ3n) is 8.69. The average molecular weight is 581 g/mol. The van der Waals surface area contributed by atoms with Gasteiger partial charge in [-0.2, -0.15) is 0 Å². The molecule has 40 heavy (non-hydrogen) atoms. The van der Waals surface area contributed by atoms with Crippen molar-refractivity contribution in [3.63, 3.8) is 0 Å². The highest BCUT2D eigenvalue weighted by Gasteiger charge is 2.53. The average Bonchev–Trinajstić information content (AvgIpc) is 3.22. The minimum Gasteiger partial charge on any atom is -0.395 e. The Bertz CT molecular complexity index is 805. The maximum atomic E-state index is 11.2. The van der Waals surface area contributed by atoms with Crippen molar-refractivity contribution >= 4 is 0 Å². The van der Waals surface area contributed by atoms with Crippen LogP contribution < -0.4 is 34.4 Å². The first-order valence-corrected chi connectivity index (χ1v) is 14.0. The van der Waals surface area contributed by atoms with E-state index in [0.717, 1.165) is 0 Å². The van der Waals surface area contributed by atoms with Crippen LogP contribution in [-0.2, 0) is 23.7 Å². The number of ether oxygens (including phenoxy) is 5. The van der Waals surface area contributed by atoms with Crippen molar-refractivity contribution in [3.05, 3.63) is 0 Å². The van der Waals surface area contributed by atoms with Gasteiger partial charge in [-0.15, -0.1) is 0 Å². The van der Waals surface area contributed by atoms with Gasteiger partial charge < -0.3 is 83.6 Å². The molecule has 4 rings (SSSR count). The Morgan fingerprint density at radius 3 is 2.15 bits per heavy atom. The molecule has 3 saturated heterocycles. The molecule has 16 nitrogen and oxygen atoms in total. The Morgan fingerprint density at radius 2 is 1.50 bits per heavy atom. The summed E-state index contributed by atoms with van der Waals surface area (Å²) in [6.07, 6.45) is -9.25. The summed E-state index contributed by atoms with van der Waals surface area (Å²) < 4.78 is 29.9. The van der Waals surface area contributed by atoms with Gasteiger partial charge in [0.15, 0.2) is 12.6 Å². The van der Waals surface area contributed by atoms with E-state index in [1.807, 2.05) is 0 Å². The van der Waals surface area contributed by atoms with Crippen LogP contribution in [0.4, 0.5) is 0 Å². The monoisotopic (exact) mass is 580 g/mol. The number of nitrogens with two attached hydrogens (primary N) is 6. The van der Waals surface area contributed by atoms with Gasteiger partial charge in [-0.1, -0.05) is 0 Å². The lowest BCUT2D eigenvalue weighted by Gasteiger charge is -2.48. The standard InChI is InChI=1S/C24H48N6O10/c25-5-14-18(33)19(34)17(30)23(38-14)40-22-15(7-32)39-24(20(22)35)37-13-4-8(26)3-10(28)16(13)21-9(27)1-2-12(36-21)11(29)6-31/h8-24,31-35H,1-7,25-30H2/t8-,9-,10+,11+,12+,13-,14+,15-,16-,17-,18-,19-,20-,21?,22-,23-,24-/m1/s1. The number of rotatable bonds is 9. The molecule has 0 aromatic carbocycles. The second kappa shape index (κ2) is 13.8. The number of aliphatic hydroxyl groups excluding tert-OH is 5. The molecule has 16 heteroatoms. The van der Waals surface area contributed by atoms with E-state index in [-0.39, 0.29) is 25.2 Å². The smallest absolute Gasteiger partial charge is 0.186 e. The van der Waals surface area contributed by atoms with Crippen LogP contribution in [0.25, 0.3) is 0 Å². The van der Waals surface area contributed by atoms with Gasteiger partial charge in [0.2, 0.25) is 0 Å². The SMILES string of the molecule is NC[C@@H]1O[C@H](O[C@H]2[C@@H](O)[C@H](O[C@@H]3C[C@H](N)C[C@H](N)[C@H]3C3O[C@H]([C@@H](N)CO)CC[C@H]3N)O[C@@H]2CO)[C@H](N)[C@@H](O)[C@@H]1O. The lowest BCUT2D eigenvalue weighted by atomic mass is 9.73. The molecule has 1 aliphatic carbocycles. The van der Waals surface area contributed by atoms with E-state index < -0.39 is 98.2 Å². The van der Waals surface area contributed by atoms with Crippen LogP contribution >= 0.6 is 0 Å². The van der Waals surface area contributed by atoms with Gasteiger partial charge in [0.05, 0.1) is 43.6 Å². The van der Waals surface area contributed by atoms with Gasteiger partial charge in [-0.05, 0) is 25.7 Å². The molecule has 1 unspecified atom stereocenters. The van der Waals surface area contributed by atoms with E-state index in [1.54, 1.807) is 0 Å². The van der Waals surface area contributed by atoms with Crippen LogP contribution in [0.3, 0.4) is 0 Å². The zero-order chi connectivity index (χ0) is 29.3. The third kappa shape index (κ3) is 6.62. The van der Waals surface area contributed by atoms with E-state index >= 15 is 0 Å². The number of hydrogen-bond donors (Lipinski definition) is 11. The first-order chi connectivity index (χ1) is 19.0. The van der Waals surface area contributed by atoms with Crippen molar-refractivity contribution in [1.29, 1.82) is 0 Å². The zero-order valence-corrected chi connectivity index (χ0v) is 22.5. The van der Waals surface area contributed by atoms with E-state index in [0.29, 0.717) is 25.7 Å². The fraction of sp³-hybridized carbons (Fsp3) is 1.00. The summed E-state index contributed by atoms with van der Waals surface area (Å²) in [5, 5.41) is 51.2. The second-order valence-electron chi connectivity index (χ2n) is 11.5. The van der Waals surface area contributed by atoms with Crippen LogP contribution in [0.15, 0.2) is 0 Å². The molecule has 17 N–H and O–H groups in total. The molecule has 4 fully saturated rings. The molecule has 0 amide bonds. The van der Waals surface area contributed by atoms with Gasteiger partial charge in [-0.3, -0.25) is 0 Å². The lowest BCUT2D eigenvalue weighted by Crippen LogP contribution is -2.64. The molecule has 0 aromatic rings. The minimum absolute atomic E-state index is 0.108. The first-order valence-electron chi connectivity index (χ1n) is 14.0. The maximum absolute atomic E-state index is 11.2. The number of aliphatic hydroxyl groups is 5. The van der Waals surface area contributed by atoms with Gasteiger partial charge in [0.25, 0.3) is 0 Å². The van der Waals surface area contributed by atoms with Crippen LogP contribution in [0.1, 0.15) is 25.7 Å². The van der Waals surface area contributed by atoms with Crippen LogP contribution in [0.5, 0.6) is 0 Å². The predicted molar refractivity (Wildman–Crippen MR) is 139 cm³/mol. The summed E-state index contributed by atoms with van der Waals surface area (Å²) in [5.74, 6) is -0.427. The van der Waals surface area contributed by atoms with Crippen molar-refractivity contribution in [2.24, 2.45) is 40.3 Å². The van der Waals surface area contributed by atoms with Crippen LogP contribution in [-0.4, -0.2) is 143 Å². The topological polar surface area (TPSA) is 303 Å². The molecule has 17 atom stereocenters. The van der Waals surface area contributed by atoms with E-state index in [2.05, 4.69) is 0 Å². The summed E-state index contributed by atoms with van der Waals surface area (Å²) in [6, 6.07) is -2.84. The Morgan fingerprint density at radius 1 is 0.800 bits per heavy atom. The second-order valence-corrected chi connectivity index (χ2v) is 11.5. The largest absolute Gasteiger partial charge is 0.395 e. The highest BCUT2D eigenvalue weighted by atomic mass is 16.7. The molecule has 0 bridgehead atoms. The maximum Gasteiger partial charge on any atom is 0.186 e. The quantitative estimate of drug-likeness (QED) is 0.121. The van der Waals surface area contributed by atoms with Crippen molar-refractivity contribution in [1.82, 2.24) is 0 Å². The van der Waals surface area contributed by atoms with Crippen molar-refractivity contribution < 1.29 is 49.2 Å². The molecular formula is C24H48N6O10. The fourth-order valence-corrected chi connectivity index (χ4v) is 6.37. The molecule has 0 radical (unpaired) electrons. The lowest BCUT2D eigenvalue weighted by molar-refractivity contribution is -0.280. The van der Waals surface area contributed by atoms with Gasteiger partial charge >= 0.3 is 0 Å². The zero-order valence-electron chi connectivity index (χ0n) is 22.5. The first kappa shape index (κ1) is 32.3. The highest BCUT2D eigenvalue weighted by molar-refractivity contribution is 5.02. The fourth-order valence-electron chi connectivity index (χ4n) is 6.37. The summed E-state index contributed by atoms with van der Waals surface area (Å²) in [4.78, 5) is 0. The normalized spacial score (nSPS) is 51.1. The highest BCUT2D eigenvalue weighted by Crippen LogP contribution is 2.38. The van der Waals surface area contributed by atoms with Crippen molar-refractivity contribution in [2.45, 2.75) is 123 Å². The van der Waals surface area contributed by atoms with Crippen molar-refractivity contribution in [2.75, 3.05) is 19.8 Å². The molecule has 234 valence electrons. The predicted octanol–water partition coefficient (Wildman–Crippen LogP) is -6.17. The van der Waals surface area contributed by atoms with Crippen LogP contribution in [0, 0.1) is 5.92 Å². The summed E-state index contributed by atoms with van der Waals surface area (Å²) in [5.41, 5.74) is 37.0. The molecule has 3 heterocycles. The summed E-state index contributed by atoms with van der Waals surface area (Å²) >= 11 is 0. The van der Waals surface area contributed by atoms with E-state index in [9.17, 15) is 25.5 Å². The van der Waals surface area contributed by atoms with Gasteiger partial charge in [-0.25, -0.2) is 0 Å². The molecule has 3 aliphatic heterocycles. The molecular weight excluding hydrogens is 532 g/mol. The van der Waals surface area contributed by atoms with Gasteiger partial charge in [0.1, 0.15) is 36.6 Å². The molecule has 0 aromatic heterocycles. The third-order valence-corrected chi connectivity index (χ3v) is 8.69. The Kier molecular flexibility index (Phi) is 11.1. The van der Waals surface area contributed by atoms with Crippen molar-refractivity contribution in [3.8, 4) is 0 Å². The van der Waals surface area contributed by atoms with Gasteiger partial charge in [0, 0.05) is 30.6 Å². The van der Waals surface area contributed by atoms with Crippen LogP contribution in [0.2, 0.25) is 0 Å². The van der Waals surface area contributed by atoms with E-state index in [4.69, 9.17) is 58.1 Å². The Hall–Kier alpha value is -0.640. The van der Waals surface area contributed by atoms with E-state index in [1.165, 1.54) is 0 Å². The molecule has 0 spiro atoms. The Labute approximate surface area is 233 Å². The summed E-state index contributed by atoms with van der Waals surface area (Å²) in [6.45, 7) is -0.876.